The Morgan fingerprint density at radius 2 is 1.88 bits per heavy atom. The molecule has 6 heteroatoms. The SMILES string of the molecule is Cc1ccc(C)c(C(=O)CSc2nnc(-c3ccc(F)cc3)o2)c1. The van der Waals surface area contributed by atoms with Gasteiger partial charge in [-0.05, 0) is 49.7 Å². The molecule has 0 unspecified atom stereocenters. The van der Waals surface area contributed by atoms with Crippen molar-refractivity contribution in [2.45, 2.75) is 19.1 Å². The fraction of sp³-hybridized carbons (Fsp3) is 0.167. The number of thioether (sulfide) groups is 1. The third kappa shape index (κ3) is 3.71. The standard InChI is InChI=1S/C18H15FN2O2S/c1-11-3-4-12(2)15(9-11)16(22)10-24-18-21-20-17(23-18)13-5-7-14(19)8-6-13/h3-9H,10H2,1-2H3. The van der Waals surface area contributed by atoms with Gasteiger partial charge in [-0.1, -0.05) is 29.5 Å². The third-order valence-electron chi connectivity index (χ3n) is 3.52. The van der Waals surface area contributed by atoms with Crippen molar-refractivity contribution in [3.8, 4) is 11.5 Å². The molecule has 122 valence electrons. The summed E-state index contributed by atoms with van der Waals surface area (Å²) in [7, 11) is 0. The Kier molecular flexibility index (Phi) is 4.76. The summed E-state index contributed by atoms with van der Waals surface area (Å²) in [5, 5.41) is 8.16. The zero-order valence-electron chi connectivity index (χ0n) is 13.2. The third-order valence-corrected chi connectivity index (χ3v) is 4.34. The van der Waals surface area contributed by atoms with Gasteiger partial charge < -0.3 is 4.42 Å². The second-order valence-corrected chi connectivity index (χ2v) is 6.34. The number of rotatable bonds is 5. The topological polar surface area (TPSA) is 56.0 Å². The molecule has 0 fully saturated rings. The van der Waals surface area contributed by atoms with Crippen LogP contribution in [-0.4, -0.2) is 21.7 Å². The van der Waals surface area contributed by atoms with Crippen molar-refractivity contribution in [1.29, 1.82) is 0 Å². The molecular weight excluding hydrogens is 327 g/mol. The Hall–Kier alpha value is -2.47. The predicted molar refractivity (Wildman–Crippen MR) is 90.7 cm³/mol. The maximum absolute atomic E-state index is 12.9. The number of Topliss-reactive ketones (excluding diaryl/α,β-unsaturated/α-hetero) is 1. The molecule has 0 spiro atoms. The maximum atomic E-state index is 12.9. The summed E-state index contributed by atoms with van der Waals surface area (Å²) in [6.07, 6.45) is 0. The van der Waals surface area contributed by atoms with E-state index in [1.807, 2.05) is 32.0 Å². The number of hydrogen-bond acceptors (Lipinski definition) is 5. The Labute approximate surface area is 143 Å². The average molecular weight is 342 g/mol. The molecule has 0 aliphatic heterocycles. The second-order valence-electron chi connectivity index (χ2n) is 5.41. The molecule has 1 aromatic heterocycles. The van der Waals surface area contributed by atoms with Crippen molar-refractivity contribution in [2.75, 3.05) is 5.75 Å². The van der Waals surface area contributed by atoms with Crippen LogP contribution in [0.25, 0.3) is 11.5 Å². The van der Waals surface area contributed by atoms with E-state index in [1.54, 1.807) is 12.1 Å². The van der Waals surface area contributed by atoms with Gasteiger partial charge in [-0.2, -0.15) is 0 Å². The first-order valence-corrected chi connectivity index (χ1v) is 8.34. The second kappa shape index (κ2) is 6.97. The number of aromatic nitrogens is 2. The van der Waals surface area contributed by atoms with E-state index < -0.39 is 0 Å². The molecule has 0 N–H and O–H groups in total. The van der Waals surface area contributed by atoms with Crippen LogP contribution in [0.3, 0.4) is 0 Å². The van der Waals surface area contributed by atoms with Crippen LogP contribution in [0.1, 0.15) is 21.5 Å². The molecule has 3 aromatic rings. The molecule has 0 aliphatic carbocycles. The minimum Gasteiger partial charge on any atom is -0.411 e. The highest BCUT2D eigenvalue weighted by Gasteiger charge is 2.14. The molecular formula is C18H15FN2O2S. The first kappa shape index (κ1) is 16.4. The lowest BCUT2D eigenvalue weighted by Gasteiger charge is -2.04. The average Bonchev–Trinajstić information content (AvgIpc) is 3.04. The van der Waals surface area contributed by atoms with Gasteiger partial charge in [-0.3, -0.25) is 4.79 Å². The van der Waals surface area contributed by atoms with Crippen LogP contribution in [-0.2, 0) is 0 Å². The van der Waals surface area contributed by atoms with Gasteiger partial charge >= 0.3 is 0 Å². The lowest BCUT2D eigenvalue weighted by atomic mass is 10.0. The summed E-state index contributed by atoms with van der Waals surface area (Å²) in [5.41, 5.74) is 3.34. The van der Waals surface area contributed by atoms with E-state index in [0.29, 0.717) is 22.2 Å². The maximum Gasteiger partial charge on any atom is 0.277 e. The molecule has 3 rings (SSSR count). The largest absolute Gasteiger partial charge is 0.411 e. The van der Waals surface area contributed by atoms with Crippen LogP contribution in [0.4, 0.5) is 4.39 Å². The number of halogens is 1. The van der Waals surface area contributed by atoms with Crippen LogP contribution >= 0.6 is 11.8 Å². The van der Waals surface area contributed by atoms with Crippen molar-refractivity contribution < 1.29 is 13.6 Å². The highest BCUT2D eigenvalue weighted by atomic mass is 32.2. The Bertz CT molecular complexity index is 875. The minimum absolute atomic E-state index is 0.0164. The van der Waals surface area contributed by atoms with Crippen molar-refractivity contribution in [2.24, 2.45) is 0 Å². The first-order chi connectivity index (χ1) is 11.5. The van der Waals surface area contributed by atoms with E-state index in [2.05, 4.69) is 10.2 Å². The fourth-order valence-electron chi connectivity index (χ4n) is 2.22. The first-order valence-electron chi connectivity index (χ1n) is 7.35. The number of hydrogen-bond donors (Lipinski definition) is 0. The summed E-state index contributed by atoms with van der Waals surface area (Å²) in [5.74, 6) is 0.210. The summed E-state index contributed by atoms with van der Waals surface area (Å²) in [6, 6.07) is 11.6. The highest BCUT2D eigenvalue weighted by Crippen LogP contribution is 2.24. The van der Waals surface area contributed by atoms with Crippen LogP contribution in [0.15, 0.2) is 52.1 Å². The Morgan fingerprint density at radius 1 is 1.12 bits per heavy atom. The van der Waals surface area contributed by atoms with Crippen LogP contribution < -0.4 is 0 Å². The number of carbonyl (C=O) groups is 1. The van der Waals surface area contributed by atoms with Crippen molar-refractivity contribution in [3.05, 3.63) is 65.0 Å². The summed E-state index contributed by atoms with van der Waals surface area (Å²) in [4.78, 5) is 12.4. The molecule has 0 radical (unpaired) electrons. The normalized spacial score (nSPS) is 10.8. The summed E-state index contributed by atoms with van der Waals surface area (Å²) < 4.78 is 18.4. The fourth-order valence-corrected chi connectivity index (χ4v) is 2.86. The number of ketones is 1. The van der Waals surface area contributed by atoms with E-state index in [1.165, 1.54) is 23.9 Å². The number of carbonyl (C=O) groups excluding carboxylic acids is 1. The lowest BCUT2D eigenvalue weighted by Crippen LogP contribution is -2.05. The van der Waals surface area contributed by atoms with Gasteiger partial charge in [0.15, 0.2) is 5.78 Å². The molecule has 4 nitrogen and oxygen atoms in total. The van der Waals surface area contributed by atoms with E-state index in [4.69, 9.17) is 4.42 Å². The molecule has 0 atom stereocenters. The monoisotopic (exact) mass is 342 g/mol. The zero-order chi connectivity index (χ0) is 17.1. The van der Waals surface area contributed by atoms with E-state index in [9.17, 15) is 9.18 Å². The molecule has 0 aliphatic rings. The Balaban J connectivity index is 1.68. The van der Waals surface area contributed by atoms with E-state index in [0.717, 1.165) is 11.1 Å². The minimum atomic E-state index is -0.327. The molecule has 0 amide bonds. The highest BCUT2D eigenvalue weighted by molar-refractivity contribution is 7.99. The van der Waals surface area contributed by atoms with Gasteiger partial charge in [-0.15, -0.1) is 10.2 Å². The molecule has 24 heavy (non-hydrogen) atoms. The van der Waals surface area contributed by atoms with Crippen LogP contribution in [0, 0.1) is 19.7 Å². The van der Waals surface area contributed by atoms with Crippen LogP contribution in [0.5, 0.6) is 0 Å². The predicted octanol–water partition coefficient (Wildman–Crippen LogP) is 4.47. The molecule has 2 aromatic carbocycles. The number of aryl methyl sites for hydroxylation is 2. The smallest absolute Gasteiger partial charge is 0.277 e. The summed E-state index contributed by atoms with van der Waals surface area (Å²) >= 11 is 1.19. The van der Waals surface area contributed by atoms with Gasteiger partial charge in [0.05, 0.1) is 5.75 Å². The number of benzene rings is 2. The van der Waals surface area contributed by atoms with Gasteiger partial charge in [0.1, 0.15) is 5.82 Å². The molecule has 0 bridgehead atoms. The number of nitrogens with zero attached hydrogens (tertiary/aromatic N) is 2. The van der Waals surface area contributed by atoms with Crippen LogP contribution in [0.2, 0.25) is 0 Å². The van der Waals surface area contributed by atoms with E-state index in [-0.39, 0.29) is 17.4 Å². The summed E-state index contributed by atoms with van der Waals surface area (Å²) in [6.45, 7) is 3.87. The van der Waals surface area contributed by atoms with Crippen molar-refractivity contribution in [3.63, 3.8) is 0 Å². The van der Waals surface area contributed by atoms with Crippen molar-refractivity contribution in [1.82, 2.24) is 10.2 Å². The molecule has 1 heterocycles. The van der Waals surface area contributed by atoms with Gasteiger partial charge in [0, 0.05) is 11.1 Å². The lowest BCUT2D eigenvalue weighted by molar-refractivity contribution is 0.102. The quantitative estimate of drug-likeness (QED) is 0.506. The van der Waals surface area contributed by atoms with Gasteiger partial charge in [-0.25, -0.2) is 4.39 Å². The van der Waals surface area contributed by atoms with Crippen molar-refractivity contribution >= 4 is 17.5 Å². The van der Waals surface area contributed by atoms with Gasteiger partial charge in [0.2, 0.25) is 5.89 Å². The zero-order valence-corrected chi connectivity index (χ0v) is 14.1. The Morgan fingerprint density at radius 3 is 2.62 bits per heavy atom. The van der Waals surface area contributed by atoms with E-state index >= 15 is 0 Å². The van der Waals surface area contributed by atoms with Gasteiger partial charge in [0.25, 0.3) is 5.22 Å². The molecule has 0 saturated heterocycles. The molecule has 0 saturated carbocycles.